The zero-order valence-corrected chi connectivity index (χ0v) is 14.3. The zero-order valence-electron chi connectivity index (χ0n) is 12.7. The van der Waals surface area contributed by atoms with Crippen molar-refractivity contribution in [3.05, 3.63) is 0 Å². The quantitative estimate of drug-likeness (QED) is 0.594. The molecule has 20 heavy (non-hydrogen) atoms. The van der Waals surface area contributed by atoms with E-state index in [1.54, 1.807) is 0 Å². The number of carbonyl (C=O) groups is 1. The van der Waals surface area contributed by atoms with Crippen molar-refractivity contribution in [1.29, 1.82) is 0 Å². The smallest absolute Gasteiger partial charge is 0.367 e. The summed E-state index contributed by atoms with van der Waals surface area (Å²) in [4.78, 5) is 11.3. The molecule has 0 aromatic carbocycles. The van der Waals surface area contributed by atoms with Crippen LogP contribution in [0.15, 0.2) is 0 Å². The van der Waals surface area contributed by atoms with Crippen LogP contribution in [-0.4, -0.2) is 46.1 Å². The molecule has 2 N–H and O–H groups in total. The number of ether oxygens (including phenoxy) is 2. The van der Waals surface area contributed by atoms with Gasteiger partial charge in [0, 0.05) is 5.92 Å². The number of hydrogen-bond acceptors (Lipinski definition) is 5. The molecule has 0 radical (unpaired) electrons. The summed E-state index contributed by atoms with van der Waals surface area (Å²) in [6.07, 6.45) is -0.363. The summed E-state index contributed by atoms with van der Waals surface area (Å²) < 4.78 is 10.3. The molecule has 1 saturated heterocycles. The van der Waals surface area contributed by atoms with Crippen LogP contribution in [0.25, 0.3) is 0 Å². The summed E-state index contributed by atoms with van der Waals surface area (Å²) in [5, 5.41) is 20.6. The predicted octanol–water partition coefficient (Wildman–Crippen LogP) is 1.69. The first-order valence-electron chi connectivity index (χ1n) is 7.01. The molecule has 0 saturated carbocycles. The Morgan fingerprint density at radius 3 is 2.45 bits per heavy atom. The van der Waals surface area contributed by atoms with Gasteiger partial charge in [-0.05, 0) is 18.3 Å². The van der Waals surface area contributed by atoms with E-state index in [0.717, 1.165) is 0 Å². The lowest BCUT2D eigenvalue weighted by Crippen LogP contribution is -2.62. The largest absolute Gasteiger partial charge is 0.465 e. The highest BCUT2D eigenvalue weighted by molar-refractivity contribution is 9.09. The van der Waals surface area contributed by atoms with E-state index in [1.807, 2.05) is 27.7 Å². The molecule has 7 atom stereocenters. The number of esters is 1. The number of aliphatic hydroxyl groups is 2. The molecule has 1 rings (SSSR count). The Labute approximate surface area is 128 Å². The fourth-order valence-corrected chi connectivity index (χ4v) is 3.56. The monoisotopic (exact) mass is 352 g/mol. The van der Waals surface area contributed by atoms with E-state index in [4.69, 9.17) is 4.74 Å². The van der Waals surface area contributed by atoms with Crippen molar-refractivity contribution in [3.63, 3.8) is 0 Å². The standard InChI is InChI=1S/C14H25BrO5/c1-6-10(16)9(4)11-7(2)8(3)12(15)14(18,20-11)13(17)19-5/h7-12,16,18H,6H2,1-5H3/t7-,8+,9-,10-,11?,12?,14+/m1/s1. The van der Waals surface area contributed by atoms with Crippen LogP contribution >= 0.6 is 15.9 Å². The van der Waals surface area contributed by atoms with Crippen LogP contribution in [-0.2, 0) is 14.3 Å². The number of halogens is 1. The molecular formula is C14H25BrO5. The van der Waals surface area contributed by atoms with Crippen molar-refractivity contribution >= 4 is 21.9 Å². The number of rotatable bonds is 4. The third-order valence-corrected chi connectivity index (χ3v) is 5.97. The van der Waals surface area contributed by atoms with Crippen molar-refractivity contribution in [2.45, 2.75) is 56.9 Å². The lowest BCUT2D eigenvalue weighted by molar-refractivity contribution is -0.283. The molecule has 0 aromatic rings. The molecule has 0 aromatic heterocycles. The van der Waals surface area contributed by atoms with Crippen molar-refractivity contribution in [1.82, 2.24) is 0 Å². The van der Waals surface area contributed by atoms with Crippen molar-refractivity contribution in [3.8, 4) is 0 Å². The Bertz CT molecular complexity index is 346. The first kappa shape index (κ1) is 17.9. The van der Waals surface area contributed by atoms with Gasteiger partial charge in [0.25, 0.3) is 5.79 Å². The van der Waals surface area contributed by atoms with Gasteiger partial charge in [-0.25, -0.2) is 4.79 Å². The summed E-state index contributed by atoms with van der Waals surface area (Å²) in [5.74, 6) is -2.95. The van der Waals surface area contributed by atoms with Gasteiger partial charge in [-0.15, -0.1) is 0 Å². The molecule has 0 amide bonds. The van der Waals surface area contributed by atoms with Crippen LogP contribution in [0.3, 0.4) is 0 Å². The van der Waals surface area contributed by atoms with Gasteiger partial charge in [0.15, 0.2) is 0 Å². The number of carbonyl (C=O) groups excluding carboxylic acids is 1. The summed E-state index contributed by atoms with van der Waals surface area (Å²) in [6.45, 7) is 7.70. The molecule has 118 valence electrons. The summed E-state index contributed by atoms with van der Waals surface area (Å²) in [6, 6.07) is 0. The fourth-order valence-electron chi connectivity index (χ4n) is 2.79. The molecule has 6 heteroatoms. The minimum atomic E-state index is -2.02. The van der Waals surface area contributed by atoms with Gasteiger partial charge < -0.3 is 19.7 Å². The van der Waals surface area contributed by atoms with Gasteiger partial charge in [0.2, 0.25) is 0 Å². The summed E-state index contributed by atoms with van der Waals surface area (Å²) in [7, 11) is 1.21. The van der Waals surface area contributed by atoms with E-state index in [0.29, 0.717) is 6.42 Å². The van der Waals surface area contributed by atoms with Gasteiger partial charge in [-0.2, -0.15) is 0 Å². The SMILES string of the molecule is CC[C@@H](O)[C@@H](C)C1O[C@](O)(C(=O)OC)C(Br)[C@@H](C)[C@H]1C. The normalized spacial score (nSPS) is 41.0. The lowest BCUT2D eigenvalue weighted by atomic mass is 9.76. The van der Waals surface area contributed by atoms with Crippen LogP contribution in [0.5, 0.6) is 0 Å². The van der Waals surface area contributed by atoms with Gasteiger partial charge in [0.1, 0.15) is 0 Å². The number of alkyl halides is 1. The maximum absolute atomic E-state index is 11.9. The van der Waals surface area contributed by atoms with Crippen LogP contribution in [0.2, 0.25) is 0 Å². The molecule has 1 aliphatic rings. The summed E-state index contributed by atoms with van der Waals surface area (Å²) in [5.41, 5.74) is 0. The first-order valence-corrected chi connectivity index (χ1v) is 7.92. The van der Waals surface area contributed by atoms with E-state index < -0.39 is 28.8 Å². The van der Waals surface area contributed by atoms with E-state index in [1.165, 1.54) is 7.11 Å². The predicted molar refractivity (Wildman–Crippen MR) is 78.3 cm³/mol. The Morgan fingerprint density at radius 1 is 1.45 bits per heavy atom. The second-order valence-corrected chi connectivity index (χ2v) is 6.71. The van der Waals surface area contributed by atoms with Gasteiger partial charge in [-0.3, -0.25) is 0 Å². The maximum atomic E-state index is 11.9. The Morgan fingerprint density at radius 2 is 2.00 bits per heavy atom. The maximum Gasteiger partial charge on any atom is 0.367 e. The Kier molecular flexibility index (Phi) is 6.01. The van der Waals surface area contributed by atoms with E-state index in [2.05, 4.69) is 20.7 Å². The van der Waals surface area contributed by atoms with E-state index in [9.17, 15) is 15.0 Å². The van der Waals surface area contributed by atoms with Gasteiger partial charge in [0.05, 0.1) is 24.1 Å². The van der Waals surface area contributed by atoms with E-state index in [-0.39, 0.29) is 17.8 Å². The number of aliphatic hydroxyl groups excluding tert-OH is 1. The molecular weight excluding hydrogens is 328 g/mol. The minimum Gasteiger partial charge on any atom is -0.465 e. The molecule has 5 nitrogen and oxygen atoms in total. The molecule has 1 aliphatic heterocycles. The van der Waals surface area contributed by atoms with Crippen molar-refractivity contribution in [2.75, 3.05) is 7.11 Å². The van der Waals surface area contributed by atoms with E-state index >= 15 is 0 Å². The third kappa shape index (κ3) is 3.03. The van der Waals surface area contributed by atoms with Crippen LogP contribution < -0.4 is 0 Å². The molecule has 0 aliphatic carbocycles. The topological polar surface area (TPSA) is 76.0 Å². The van der Waals surface area contributed by atoms with Crippen LogP contribution in [0.4, 0.5) is 0 Å². The zero-order chi connectivity index (χ0) is 15.7. The Hall–Kier alpha value is -0.170. The van der Waals surface area contributed by atoms with Crippen LogP contribution in [0, 0.1) is 17.8 Å². The average molecular weight is 353 g/mol. The third-order valence-electron chi connectivity index (χ3n) is 4.52. The van der Waals surface area contributed by atoms with Crippen LogP contribution in [0.1, 0.15) is 34.1 Å². The molecule has 2 unspecified atom stereocenters. The minimum absolute atomic E-state index is 0.00986. The lowest BCUT2D eigenvalue weighted by Gasteiger charge is -2.48. The highest BCUT2D eigenvalue weighted by Gasteiger charge is 2.56. The number of methoxy groups -OCH3 is 1. The average Bonchev–Trinajstić information content (AvgIpc) is 2.46. The molecule has 1 fully saturated rings. The number of hydrogen-bond donors (Lipinski definition) is 2. The van der Waals surface area contributed by atoms with Crippen molar-refractivity contribution in [2.24, 2.45) is 17.8 Å². The second-order valence-electron chi connectivity index (χ2n) is 5.73. The van der Waals surface area contributed by atoms with Gasteiger partial charge in [-0.1, -0.05) is 43.6 Å². The molecule has 1 heterocycles. The molecule has 0 spiro atoms. The highest BCUT2D eigenvalue weighted by Crippen LogP contribution is 2.43. The summed E-state index contributed by atoms with van der Waals surface area (Å²) >= 11 is 3.35. The first-order chi connectivity index (χ1) is 9.20. The Balaban J connectivity index is 3.06. The highest BCUT2D eigenvalue weighted by atomic mass is 79.9. The second kappa shape index (κ2) is 6.73. The van der Waals surface area contributed by atoms with Gasteiger partial charge >= 0.3 is 5.97 Å². The van der Waals surface area contributed by atoms with Crippen molar-refractivity contribution < 1.29 is 24.5 Å². The molecule has 0 bridgehead atoms. The fraction of sp³-hybridized carbons (Fsp3) is 0.929.